The molecule has 0 atom stereocenters. The maximum atomic E-state index is 12.0. The van der Waals surface area contributed by atoms with Gasteiger partial charge < -0.3 is 9.64 Å². The van der Waals surface area contributed by atoms with Gasteiger partial charge in [0.2, 0.25) is 5.91 Å². The lowest BCUT2D eigenvalue weighted by Gasteiger charge is -2.26. The molecule has 0 saturated carbocycles. The molecule has 0 radical (unpaired) electrons. The first-order chi connectivity index (χ1) is 10.8. The Kier molecular flexibility index (Phi) is 4.98. The molecule has 1 fully saturated rings. The lowest BCUT2D eigenvalue weighted by atomic mass is 10.1. The van der Waals surface area contributed by atoms with Crippen molar-refractivity contribution in [2.24, 2.45) is 0 Å². The summed E-state index contributed by atoms with van der Waals surface area (Å²) in [5, 5.41) is 0. The SMILES string of the molecule is CCC(=O)N1CCOc2ccc(CN3CCCCC3)cc2C1. The molecule has 0 aliphatic carbocycles. The minimum Gasteiger partial charge on any atom is -0.491 e. The Bertz CT molecular complexity index is 524. The van der Waals surface area contributed by atoms with Gasteiger partial charge in [0, 0.05) is 25.1 Å². The lowest BCUT2D eigenvalue weighted by molar-refractivity contribution is -0.131. The molecular weight excluding hydrogens is 276 g/mol. The largest absolute Gasteiger partial charge is 0.491 e. The predicted molar refractivity (Wildman–Crippen MR) is 86.8 cm³/mol. The molecule has 1 aromatic carbocycles. The Labute approximate surface area is 133 Å². The molecule has 0 unspecified atom stereocenters. The van der Waals surface area contributed by atoms with Crippen LogP contribution in [-0.4, -0.2) is 41.9 Å². The summed E-state index contributed by atoms with van der Waals surface area (Å²) in [4.78, 5) is 16.4. The second-order valence-electron chi connectivity index (χ2n) is 6.30. The van der Waals surface area contributed by atoms with E-state index in [1.807, 2.05) is 11.8 Å². The van der Waals surface area contributed by atoms with Gasteiger partial charge in [-0.05, 0) is 43.6 Å². The number of ether oxygens (including phenoxy) is 1. The number of nitrogens with zero attached hydrogens (tertiary/aromatic N) is 2. The van der Waals surface area contributed by atoms with Crippen LogP contribution in [0.2, 0.25) is 0 Å². The van der Waals surface area contributed by atoms with Crippen molar-refractivity contribution in [3.63, 3.8) is 0 Å². The topological polar surface area (TPSA) is 32.8 Å². The fourth-order valence-electron chi connectivity index (χ4n) is 3.36. The average molecular weight is 302 g/mol. The van der Waals surface area contributed by atoms with Crippen LogP contribution in [0.15, 0.2) is 18.2 Å². The molecule has 2 aliphatic rings. The van der Waals surface area contributed by atoms with Gasteiger partial charge in [-0.1, -0.05) is 19.4 Å². The highest BCUT2D eigenvalue weighted by Crippen LogP contribution is 2.25. The molecule has 4 nitrogen and oxygen atoms in total. The van der Waals surface area contributed by atoms with Crippen molar-refractivity contribution >= 4 is 5.91 Å². The zero-order chi connectivity index (χ0) is 15.4. The first-order valence-electron chi connectivity index (χ1n) is 8.51. The number of amides is 1. The zero-order valence-electron chi connectivity index (χ0n) is 13.5. The van der Waals surface area contributed by atoms with Crippen molar-refractivity contribution in [3.05, 3.63) is 29.3 Å². The summed E-state index contributed by atoms with van der Waals surface area (Å²) in [5.41, 5.74) is 2.48. The highest BCUT2D eigenvalue weighted by atomic mass is 16.5. The lowest BCUT2D eigenvalue weighted by Crippen LogP contribution is -2.31. The summed E-state index contributed by atoms with van der Waals surface area (Å²) in [7, 11) is 0. The molecule has 0 spiro atoms. The van der Waals surface area contributed by atoms with E-state index in [4.69, 9.17) is 4.74 Å². The normalized spacial score (nSPS) is 19.2. The number of piperidine rings is 1. The zero-order valence-corrected chi connectivity index (χ0v) is 13.5. The fourth-order valence-corrected chi connectivity index (χ4v) is 3.36. The molecule has 1 amide bonds. The molecule has 0 bridgehead atoms. The number of carbonyl (C=O) groups is 1. The van der Waals surface area contributed by atoms with Gasteiger partial charge in [0.25, 0.3) is 0 Å². The van der Waals surface area contributed by atoms with Crippen molar-refractivity contribution in [1.82, 2.24) is 9.80 Å². The van der Waals surface area contributed by atoms with Crippen LogP contribution in [0.3, 0.4) is 0 Å². The van der Waals surface area contributed by atoms with Crippen LogP contribution in [0.1, 0.15) is 43.7 Å². The first kappa shape index (κ1) is 15.3. The van der Waals surface area contributed by atoms with E-state index in [1.54, 1.807) is 0 Å². The summed E-state index contributed by atoms with van der Waals surface area (Å²) >= 11 is 0. The highest BCUT2D eigenvalue weighted by molar-refractivity contribution is 5.76. The minimum absolute atomic E-state index is 0.206. The molecule has 120 valence electrons. The molecule has 22 heavy (non-hydrogen) atoms. The van der Waals surface area contributed by atoms with Crippen molar-refractivity contribution in [2.75, 3.05) is 26.2 Å². The molecule has 4 heteroatoms. The second-order valence-corrected chi connectivity index (χ2v) is 6.30. The van der Waals surface area contributed by atoms with E-state index in [9.17, 15) is 4.79 Å². The number of benzene rings is 1. The van der Waals surface area contributed by atoms with E-state index in [0.717, 1.165) is 17.9 Å². The Morgan fingerprint density at radius 2 is 2.00 bits per heavy atom. The Morgan fingerprint density at radius 3 is 2.77 bits per heavy atom. The number of rotatable bonds is 3. The molecule has 0 aromatic heterocycles. The third-order valence-electron chi connectivity index (χ3n) is 4.61. The van der Waals surface area contributed by atoms with E-state index < -0.39 is 0 Å². The van der Waals surface area contributed by atoms with Crippen molar-refractivity contribution in [1.29, 1.82) is 0 Å². The molecule has 0 N–H and O–H groups in total. The second kappa shape index (κ2) is 7.14. The Hall–Kier alpha value is -1.55. The van der Waals surface area contributed by atoms with Crippen molar-refractivity contribution in [3.8, 4) is 5.75 Å². The molecule has 3 rings (SSSR count). The number of hydrogen-bond donors (Lipinski definition) is 0. The van der Waals surface area contributed by atoms with Crippen LogP contribution < -0.4 is 4.74 Å². The molecule has 2 heterocycles. The number of fused-ring (bicyclic) bond motifs is 1. The first-order valence-corrected chi connectivity index (χ1v) is 8.51. The van der Waals surface area contributed by atoms with Gasteiger partial charge in [-0.3, -0.25) is 9.69 Å². The van der Waals surface area contributed by atoms with E-state index in [1.165, 1.54) is 37.9 Å². The molecule has 2 aliphatic heterocycles. The highest BCUT2D eigenvalue weighted by Gasteiger charge is 2.19. The summed E-state index contributed by atoms with van der Waals surface area (Å²) in [5.74, 6) is 1.15. The molecule has 1 aromatic rings. The molecule has 1 saturated heterocycles. The van der Waals surface area contributed by atoms with Gasteiger partial charge in [-0.15, -0.1) is 0 Å². The monoisotopic (exact) mass is 302 g/mol. The van der Waals surface area contributed by atoms with Crippen LogP contribution in [0.4, 0.5) is 0 Å². The smallest absolute Gasteiger partial charge is 0.222 e. The summed E-state index contributed by atoms with van der Waals surface area (Å²) < 4.78 is 5.81. The van der Waals surface area contributed by atoms with Crippen LogP contribution >= 0.6 is 0 Å². The summed E-state index contributed by atoms with van der Waals surface area (Å²) in [6.45, 7) is 7.28. The van der Waals surface area contributed by atoms with Gasteiger partial charge in [-0.25, -0.2) is 0 Å². The third kappa shape index (κ3) is 3.61. The Morgan fingerprint density at radius 1 is 1.18 bits per heavy atom. The van der Waals surface area contributed by atoms with Crippen molar-refractivity contribution in [2.45, 2.75) is 45.7 Å². The fraction of sp³-hybridized carbons (Fsp3) is 0.611. The van der Waals surface area contributed by atoms with Gasteiger partial charge in [0.15, 0.2) is 0 Å². The van der Waals surface area contributed by atoms with Gasteiger partial charge in [-0.2, -0.15) is 0 Å². The van der Waals surface area contributed by atoms with Crippen LogP contribution in [0.5, 0.6) is 5.75 Å². The number of likely N-dealkylation sites (tertiary alicyclic amines) is 1. The van der Waals surface area contributed by atoms with E-state index in [2.05, 4.69) is 23.1 Å². The average Bonchev–Trinajstić information content (AvgIpc) is 2.77. The van der Waals surface area contributed by atoms with Crippen molar-refractivity contribution < 1.29 is 9.53 Å². The number of hydrogen-bond acceptors (Lipinski definition) is 3. The number of carbonyl (C=O) groups excluding carboxylic acids is 1. The van der Waals surface area contributed by atoms with Crippen LogP contribution in [0, 0.1) is 0 Å². The maximum absolute atomic E-state index is 12.0. The predicted octanol–water partition coefficient (Wildman–Crippen LogP) is 2.80. The van der Waals surface area contributed by atoms with Gasteiger partial charge >= 0.3 is 0 Å². The standard InChI is InChI=1S/C18H26N2O2/c1-2-18(21)20-10-11-22-17-7-6-15(12-16(17)14-20)13-19-8-4-3-5-9-19/h6-7,12H,2-5,8-11,13-14H2,1H3. The van der Waals surface area contributed by atoms with Crippen LogP contribution in [-0.2, 0) is 17.9 Å². The van der Waals surface area contributed by atoms with Gasteiger partial charge in [0.1, 0.15) is 12.4 Å². The molecular formula is C18H26N2O2. The quantitative estimate of drug-likeness (QED) is 0.861. The summed E-state index contributed by atoms with van der Waals surface area (Å²) in [6, 6.07) is 6.48. The summed E-state index contributed by atoms with van der Waals surface area (Å²) in [6.07, 6.45) is 4.55. The van der Waals surface area contributed by atoms with E-state index in [-0.39, 0.29) is 5.91 Å². The van der Waals surface area contributed by atoms with Gasteiger partial charge in [0.05, 0.1) is 6.54 Å². The minimum atomic E-state index is 0.206. The maximum Gasteiger partial charge on any atom is 0.222 e. The van der Waals surface area contributed by atoms with E-state index in [0.29, 0.717) is 26.1 Å². The third-order valence-corrected chi connectivity index (χ3v) is 4.61. The van der Waals surface area contributed by atoms with Crippen LogP contribution in [0.25, 0.3) is 0 Å². The van der Waals surface area contributed by atoms with E-state index >= 15 is 0 Å². The Balaban J connectivity index is 1.73.